The van der Waals surface area contributed by atoms with Crippen molar-refractivity contribution < 1.29 is 9.90 Å². The highest BCUT2D eigenvalue weighted by Crippen LogP contribution is 2.29. The largest absolute Gasteiger partial charge is 0.395 e. The average molecular weight is 227 g/mol. The fraction of sp³-hybridized carbons (Fsp3) is 0.923. The summed E-state index contributed by atoms with van der Waals surface area (Å²) in [4.78, 5) is 13.9. The molecule has 94 valence electrons. The van der Waals surface area contributed by atoms with Gasteiger partial charge in [-0.3, -0.25) is 4.79 Å². The van der Waals surface area contributed by atoms with Gasteiger partial charge in [0.05, 0.1) is 6.61 Å². The van der Waals surface area contributed by atoms with Gasteiger partial charge in [-0.15, -0.1) is 0 Å². The monoisotopic (exact) mass is 227 g/mol. The standard InChI is InChI=1S/C13H25NO2/c1-4-11-5-6-13(16)12(7-11)8-14(3)10(2)9-15/h10-12,15H,4-9H2,1-3H3. The molecule has 16 heavy (non-hydrogen) atoms. The van der Waals surface area contributed by atoms with Crippen molar-refractivity contribution in [1.29, 1.82) is 0 Å². The average Bonchev–Trinajstić information content (AvgIpc) is 2.30. The second-order valence-electron chi connectivity index (χ2n) is 5.18. The summed E-state index contributed by atoms with van der Waals surface area (Å²) in [5, 5.41) is 9.07. The lowest BCUT2D eigenvalue weighted by molar-refractivity contribution is -0.126. The summed E-state index contributed by atoms with van der Waals surface area (Å²) in [7, 11) is 1.99. The van der Waals surface area contributed by atoms with Crippen molar-refractivity contribution in [2.45, 2.75) is 45.6 Å². The summed E-state index contributed by atoms with van der Waals surface area (Å²) in [6, 6.07) is 0.148. The number of likely N-dealkylation sites (N-methyl/N-ethyl adjacent to an activating group) is 1. The Hall–Kier alpha value is -0.410. The number of carbonyl (C=O) groups is 1. The molecule has 1 saturated carbocycles. The lowest BCUT2D eigenvalue weighted by Gasteiger charge is -2.32. The van der Waals surface area contributed by atoms with Crippen molar-refractivity contribution >= 4 is 5.78 Å². The van der Waals surface area contributed by atoms with Crippen LogP contribution in [-0.2, 0) is 4.79 Å². The van der Waals surface area contributed by atoms with Crippen molar-refractivity contribution in [3.63, 3.8) is 0 Å². The fourth-order valence-electron chi connectivity index (χ4n) is 2.42. The van der Waals surface area contributed by atoms with Gasteiger partial charge >= 0.3 is 0 Å². The first-order valence-corrected chi connectivity index (χ1v) is 6.42. The number of ketones is 1. The Bertz CT molecular complexity index is 230. The lowest BCUT2D eigenvalue weighted by Crippen LogP contribution is -2.40. The molecule has 0 heterocycles. The van der Waals surface area contributed by atoms with Gasteiger partial charge in [0.25, 0.3) is 0 Å². The Labute approximate surface area is 98.8 Å². The van der Waals surface area contributed by atoms with E-state index < -0.39 is 0 Å². The van der Waals surface area contributed by atoms with E-state index in [1.165, 1.54) is 6.42 Å². The molecule has 1 rings (SSSR count). The van der Waals surface area contributed by atoms with Gasteiger partial charge < -0.3 is 10.0 Å². The number of aliphatic hydroxyl groups excluding tert-OH is 1. The molecule has 0 radical (unpaired) electrons. The van der Waals surface area contributed by atoms with Crippen molar-refractivity contribution in [2.75, 3.05) is 20.2 Å². The maximum Gasteiger partial charge on any atom is 0.137 e. The molecule has 0 aliphatic heterocycles. The van der Waals surface area contributed by atoms with Crippen LogP contribution in [0.1, 0.15) is 39.5 Å². The number of nitrogens with zero attached hydrogens (tertiary/aromatic N) is 1. The van der Waals surface area contributed by atoms with E-state index in [1.807, 2.05) is 14.0 Å². The molecule has 1 aliphatic carbocycles. The van der Waals surface area contributed by atoms with Gasteiger partial charge in [-0.05, 0) is 32.7 Å². The number of Topliss-reactive ketones (excluding diaryl/α,β-unsaturated/α-hetero) is 1. The number of aliphatic hydroxyl groups is 1. The van der Waals surface area contributed by atoms with E-state index >= 15 is 0 Å². The Morgan fingerprint density at radius 3 is 2.81 bits per heavy atom. The molecule has 0 aromatic heterocycles. The Morgan fingerprint density at radius 2 is 2.25 bits per heavy atom. The highest BCUT2D eigenvalue weighted by atomic mass is 16.3. The summed E-state index contributed by atoms with van der Waals surface area (Å²) >= 11 is 0. The maximum atomic E-state index is 11.8. The van der Waals surface area contributed by atoms with Crippen LogP contribution in [0.4, 0.5) is 0 Å². The normalized spacial score (nSPS) is 28.4. The van der Waals surface area contributed by atoms with Crippen LogP contribution in [0.25, 0.3) is 0 Å². The van der Waals surface area contributed by atoms with Crippen LogP contribution < -0.4 is 0 Å². The molecule has 0 spiro atoms. The Kier molecular flexibility index (Phi) is 5.42. The van der Waals surface area contributed by atoms with Gasteiger partial charge in [0.2, 0.25) is 0 Å². The van der Waals surface area contributed by atoms with Crippen LogP contribution in [0, 0.1) is 11.8 Å². The first-order valence-electron chi connectivity index (χ1n) is 6.42. The Morgan fingerprint density at radius 1 is 1.56 bits per heavy atom. The molecule has 3 atom stereocenters. The second kappa shape index (κ2) is 6.36. The van der Waals surface area contributed by atoms with E-state index in [0.29, 0.717) is 5.78 Å². The summed E-state index contributed by atoms with van der Waals surface area (Å²) < 4.78 is 0. The van der Waals surface area contributed by atoms with E-state index in [0.717, 1.165) is 31.7 Å². The van der Waals surface area contributed by atoms with E-state index in [2.05, 4.69) is 11.8 Å². The molecule has 0 aromatic rings. The Balaban J connectivity index is 2.47. The SMILES string of the molecule is CCC1CCC(=O)C(CN(C)C(C)CO)C1. The van der Waals surface area contributed by atoms with Gasteiger partial charge in [0.15, 0.2) is 0 Å². The smallest absolute Gasteiger partial charge is 0.137 e. The molecule has 3 nitrogen and oxygen atoms in total. The zero-order valence-electron chi connectivity index (χ0n) is 10.8. The number of hydrogen-bond donors (Lipinski definition) is 1. The molecule has 0 saturated heterocycles. The van der Waals surface area contributed by atoms with Gasteiger partial charge in [-0.2, -0.15) is 0 Å². The topological polar surface area (TPSA) is 40.5 Å². The molecule has 0 aromatic carbocycles. The zero-order valence-corrected chi connectivity index (χ0v) is 10.8. The summed E-state index contributed by atoms with van der Waals surface area (Å²) in [6.45, 7) is 5.16. The number of carbonyl (C=O) groups excluding carboxylic acids is 1. The maximum absolute atomic E-state index is 11.8. The lowest BCUT2D eigenvalue weighted by atomic mass is 9.79. The molecule has 1 aliphatic rings. The minimum absolute atomic E-state index is 0.148. The van der Waals surface area contributed by atoms with Crippen molar-refractivity contribution in [1.82, 2.24) is 4.90 Å². The van der Waals surface area contributed by atoms with Crippen LogP contribution in [0.2, 0.25) is 0 Å². The predicted molar refractivity (Wildman–Crippen MR) is 65.3 cm³/mol. The van der Waals surface area contributed by atoms with Crippen LogP contribution >= 0.6 is 0 Å². The highest BCUT2D eigenvalue weighted by Gasteiger charge is 2.29. The third kappa shape index (κ3) is 3.56. The van der Waals surface area contributed by atoms with Crippen molar-refractivity contribution in [3.05, 3.63) is 0 Å². The minimum Gasteiger partial charge on any atom is -0.395 e. The zero-order chi connectivity index (χ0) is 12.1. The number of hydrogen-bond acceptors (Lipinski definition) is 3. The van der Waals surface area contributed by atoms with Gasteiger partial charge in [0, 0.05) is 24.9 Å². The van der Waals surface area contributed by atoms with Gasteiger partial charge in [0.1, 0.15) is 5.78 Å². The van der Waals surface area contributed by atoms with Gasteiger partial charge in [-0.25, -0.2) is 0 Å². The minimum atomic E-state index is 0.148. The molecular formula is C13H25NO2. The quantitative estimate of drug-likeness (QED) is 0.777. The third-order valence-electron chi connectivity index (χ3n) is 3.97. The molecule has 0 amide bonds. The van der Waals surface area contributed by atoms with E-state index in [4.69, 9.17) is 5.11 Å². The van der Waals surface area contributed by atoms with E-state index in [-0.39, 0.29) is 18.6 Å². The molecule has 3 unspecified atom stereocenters. The molecule has 1 fully saturated rings. The summed E-state index contributed by atoms with van der Waals surface area (Å²) in [5.74, 6) is 1.33. The predicted octanol–water partition coefficient (Wildman–Crippen LogP) is 1.69. The van der Waals surface area contributed by atoms with Crippen LogP contribution in [0.3, 0.4) is 0 Å². The summed E-state index contributed by atoms with van der Waals surface area (Å²) in [5.41, 5.74) is 0. The second-order valence-corrected chi connectivity index (χ2v) is 5.18. The van der Waals surface area contributed by atoms with E-state index in [9.17, 15) is 4.79 Å². The fourth-order valence-corrected chi connectivity index (χ4v) is 2.42. The first-order chi connectivity index (χ1) is 7.58. The highest BCUT2D eigenvalue weighted by molar-refractivity contribution is 5.81. The van der Waals surface area contributed by atoms with Crippen molar-refractivity contribution in [2.24, 2.45) is 11.8 Å². The first kappa shape index (κ1) is 13.7. The third-order valence-corrected chi connectivity index (χ3v) is 3.97. The van der Waals surface area contributed by atoms with Gasteiger partial charge in [-0.1, -0.05) is 13.3 Å². The molecule has 3 heteroatoms. The molecule has 1 N–H and O–H groups in total. The van der Waals surface area contributed by atoms with Crippen LogP contribution in [-0.4, -0.2) is 42.0 Å². The van der Waals surface area contributed by atoms with E-state index in [1.54, 1.807) is 0 Å². The van der Waals surface area contributed by atoms with Crippen LogP contribution in [0.5, 0.6) is 0 Å². The van der Waals surface area contributed by atoms with Crippen LogP contribution in [0.15, 0.2) is 0 Å². The summed E-state index contributed by atoms with van der Waals surface area (Å²) in [6.07, 6.45) is 4.05. The molecule has 0 bridgehead atoms. The van der Waals surface area contributed by atoms with Crippen molar-refractivity contribution in [3.8, 4) is 0 Å². The number of rotatable bonds is 5. The molecular weight excluding hydrogens is 202 g/mol.